The second kappa shape index (κ2) is 5.81. The Bertz CT molecular complexity index is 868. The first-order valence-corrected chi connectivity index (χ1v) is 7.26. The Balaban J connectivity index is 2.18. The molecule has 0 radical (unpaired) electrons. The molecule has 1 N–H and O–H groups in total. The monoisotopic (exact) mass is 293 g/mol. The predicted molar refractivity (Wildman–Crippen MR) is 83.9 cm³/mol. The summed E-state index contributed by atoms with van der Waals surface area (Å²) in [6, 6.07) is 16.8. The summed E-state index contributed by atoms with van der Waals surface area (Å²) >= 11 is 1.03. The van der Waals surface area contributed by atoms with Crippen LogP contribution in [-0.2, 0) is 0 Å². The summed E-state index contributed by atoms with van der Waals surface area (Å²) in [7, 11) is 0. The molecule has 0 aliphatic carbocycles. The first-order valence-electron chi connectivity index (χ1n) is 6.38. The van der Waals surface area contributed by atoms with Crippen molar-refractivity contribution in [2.24, 2.45) is 0 Å². The van der Waals surface area contributed by atoms with Gasteiger partial charge in [0, 0.05) is 0 Å². The largest absolute Gasteiger partial charge is 0.319 e. The summed E-state index contributed by atoms with van der Waals surface area (Å²) in [4.78, 5) is 19.6. The van der Waals surface area contributed by atoms with E-state index in [0.29, 0.717) is 16.7 Å². The molecular formula is C16H11N3OS. The standard InChI is InChI=1S/C16H11N3OS/c17-10-21-15(11-6-2-1-3-7-11)14-16(20)19-13-9-5-4-8-12(13)18-14/h1-9,15H,(H,19,20)/t15-/m1/s1. The number of aromatic amines is 1. The average Bonchev–Trinajstić information content (AvgIpc) is 2.53. The molecule has 5 heteroatoms. The summed E-state index contributed by atoms with van der Waals surface area (Å²) < 4.78 is 0. The van der Waals surface area contributed by atoms with Crippen molar-refractivity contribution >= 4 is 22.8 Å². The molecule has 0 bridgehead atoms. The topological polar surface area (TPSA) is 69.5 Å². The van der Waals surface area contributed by atoms with Crippen molar-refractivity contribution in [1.82, 2.24) is 9.97 Å². The van der Waals surface area contributed by atoms with Crippen molar-refractivity contribution in [3.63, 3.8) is 0 Å². The Hall–Kier alpha value is -2.58. The van der Waals surface area contributed by atoms with Crippen LogP contribution in [-0.4, -0.2) is 9.97 Å². The van der Waals surface area contributed by atoms with E-state index in [1.165, 1.54) is 0 Å². The van der Waals surface area contributed by atoms with E-state index < -0.39 is 5.25 Å². The summed E-state index contributed by atoms with van der Waals surface area (Å²) in [5.41, 5.74) is 2.39. The second-order valence-corrected chi connectivity index (χ2v) is 5.36. The van der Waals surface area contributed by atoms with Gasteiger partial charge in [-0.2, -0.15) is 5.26 Å². The molecule has 2 aromatic carbocycles. The first kappa shape index (κ1) is 13.4. The summed E-state index contributed by atoms with van der Waals surface area (Å²) in [5.74, 6) is 0. The van der Waals surface area contributed by atoms with E-state index in [1.807, 2.05) is 54.6 Å². The minimum atomic E-state index is -0.399. The highest BCUT2D eigenvalue weighted by molar-refractivity contribution is 8.04. The third kappa shape index (κ3) is 2.67. The molecule has 0 aliphatic rings. The van der Waals surface area contributed by atoms with Gasteiger partial charge in [0.25, 0.3) is 5.56 Å². The van der Waals surface area contributed by atoms with E-state index in [9.17, 15) is 4.79 Å². The van der Waals surface area contributed by atoms with Crippen molar-refractivity contribution < 1.29 is 0 Å². The average molecular weight is 293 g/mol. The molecule has 1 aromatic heterocycles. The maximum Gasteiger partial charge on any atom is 0.271 e. The fourth-order valence-electron chi connectivity index (χ4n) is 2.18. The number of aromatic nitrogens is 2. The van der Waals surface area contributed by atoms with Gasteiger partial charge in [0.05, 0.1) is 16.3 Å². The Morgan fingerprint density at radius 1 is 1.10 bits per heavy atom. The van der Waals surface area contributed by atoms with Gasteiger partial charge in [-0.25, -0.2) is 4.98 Å². The van der Waals surface area contributed by atoms with E-state index in [-0.39, 0.29) is 5.56 Å². The van der Waals surface area contributed by atoms with Crippen molar-refractivity contribution in [2.75, 3.05) is 0 Å². The number of thiocyanates is 1. The number of nitrogens with one attached hydrogen (secondary N) is 1. The zero-order valence-electron chi connectivity index (χ0n) is 11.0. The SMILES string of the molecule is N#CS[C@H](c1ccccc1)c1nc2ccccc2[nH]c1=O. The quantitative estimate of drug-likeness (QED) is 0.753. The van der Waals surface area contributed by atoms with Crippen LogP contribution in [0.2, 0.25) is 0 Å². The molecule has 0 fully saturated rings. The van der Waals surface area contributed by atoms with E-state index in [2.05, 4.69) is 15.4 Å². The van der Waals surface area contributed by atoms with Crippen molar-refractivity contribution in [3.8, 4) is 5.40 Å². The number of thioether (sulfide) groups is 1. The van der Waals surface area contributed by atoms with Crippen LogP contribution >= 0.6 is 11.8 Å². The molecule has 3 rings (SSSR count). The molecule has 0 spiro atoms. The molecule has 0 amide bonds. The van der Waals surface area contributed by atoms with Crippen LogP contribution < -0.4 is 5.56 Å². The lowest BCUT2D eigenvalue weighted by Gasteiger charge is -2.12. The minimum Gasteiger partial charge on any atom is -0.319 e. The van der Waals surface area contributed by atoms with E-state index >= 15 is 0 Å². The molecule has 0 saturated heterocycles. The fraction of sp³-hybridized carbons (Fsp3) is 0.0625. The zero-order chi connectivity index (χ0) is 14.7. The number of nitrogens with zero attached hydrogens (tertiary/aromatic N) is 2. The number of H-pyrrole nitrogens is 1. The van der Waals surface area contributed by atoms with Gasteiger partial charge in [-0.3, -0.25) is 4.79 Å². The highest BCUT2D eigenvalue weighted by Crippen LogP contribution is 2.32. The van der Waals surface area contributed by atoms with E-state index in [0.717, 1.165) is 17.3 Å². The van der Waals surface area contributed by atoms with Gasteiger partial charge < -0.3 is 4.98 Å². The van der Waals surface area contributed by atoms with Crippen LogP contribution in [0.1, 0.15) is 16.5 Å². The van der Waals surface area contributed by atoms with Gasteiger partial charge in [0.15, 0.2) is 0 Å². The molecule has 1 heterocycles. The smallest absolute Gasteiger partial charge is 0.271 e. The third-order valence-electron chi connectivity index (χ3n) is 3.15. The molecular weight excluding hydrogens is 282 g/mol. The molecule has 3 aromatic rings. The van der Waals surface area contributed by atoms with Crippen LogP contribution in [0, 0.1) is 10.7 Å². The highest BCUT2D eigenvalue weighted by Gasteiger charge is 2.20. The van der Waals surface area contributed by atoms with Gasteiger partial charge in [-0.05, 0) is 29.5 Å². The Morgan fingerprint density at radius 2 is 1.81 bits per heavy atom. The summed E-state index contributed by atoms with van der Waals surface area (Å²) in [5, 5.41) is 10.7. The van der Waals surface area contributed by atoms with E-state index in [4.69, 9.17) is 5.26 Å². The fourth-order valence-corrected chi connectivity index (χ4v) is 2.85. The van der Waals surface area contributed by atoms with Gasteiger partial charge in [0.1, 0.15) is 11.1 Å². The van der Waals surface area contributed by atoms with Gasteiger partial charge >= 0.3 is 0 Å². The number of nitriles is 1. The molecule has 1 atom stereocenters. The lowest BCUT2D eigenvalue weighted by molar-refractivity contribution is 1.01. The number of rotatable bonds is 3. The molecule has 21 heavy (non-hydrogen) atoms. The van der Waals surface area contributed by atoms with Gasteiger partial charge in [0.2, 0.25) is 0 Å². The Morgan fingerprint density at radius 3 is 2.57 bits per heavy atom. The molecule has 0 unspecified atom stereocenters. The van der Waals surface area contributed by atoms with Crippen molar-refractivity contribution in [2.45, 2.75) is 5.25 Å². The van der Waals surface area contributed by atoms with Crippen LogP contribution in [0.5, 0.6) is 0 Å². The number of fused-ring (bicyclic) bond motifs is 1. The summed E-state index contributed by atoms with van der Waals surface area (Å²) in [6.07, 6.45) is 0. The van der Waals surface area contributed by atoms with Crippen LogP contribution in [0.15, 0.2) is 59.4 Å². The van der Waals surface area contributed by atoms with Gasteiger partial charge in [-0.15, -0.1) is 0 Å². The lowest BCUT2D eigenvalue weighted by atomic mass is 10.1. The normalized spacial score (nSPS) is 12.0. The number of para-hydroxylation sites is 2. The van der Waals surface area contributed by atoms with Crippen LogP contribution in [0.4, 0.5) is 0 Å². The Kier molecular flexibility index (Phi) is 3.71. The maximum absolute atomic E-state index is 12.3. The third-order valence-corrected chi connectivity index (χ3v) is 3.98. The Labute approximate surface area is 125 Å². The molecule has 0 aliphatic heterocycles. The van der Waals surface area contributed by atoms with Crippen molar-refractivity contribution in [1.29, 1.82) is 5.26 Å². The highest BCUT2D eigenvalue weighted by atomic mass is 32.2. The molecule has 4 nitrogen and oxygen atoms in total. The zero-order valence-corrected chi connectivity index (χ0v) is 11.8. The number of hydrogen-bond acceptors (Lipinski definition) is 4. The van der Waals surface area contributed by atoms with E-state index in [1.54, 1.807) is 0 Å². The molecule has 0 saturated carbocycles. The predicted octanol–water partition coefficient (Wildman–Crippen LogP) is 3.23. The summed E-state index contributed by atoms with van der Waals surface area (Å²) in [6.45, 7) is 0. The first-order chi connectivity index (χ1) is 10.3. The lowest BCUT2D eigenvalue weighted by Crippen LogP contribution is -2.18. The number of hydrogen-bond donors (Lipinski definition) is 1. The maximum atomic E-state index is 12.3. The van der Waals surface area contributed by atoms with Crippen LogP contribution in [0.3, 0.4) is 0 Å². The van der Waals surface area contributed by atoms with Gasteiger partial charge in [-0.1, -0.05) is 42.5 Å². The minimum absolute atomic E-state index is 0.259. The van der Waals surface area contributed by atoms with Crippen LogP contribution in [0.25, 0.3) is 11.0 Å². The molecule has 102 valence electrons. The number of benzene rings is 2. The second-order valence-electron chi connectivity index (χ2n) is 4.47. The van der Waals surface area contributed by atoms with Crippen molar-refractivity contribution in [3.05, 3.63) is 76.2 Å².